The van der Waals surface area contributed by atoms with Gasteiger partial charge in [-0.1, -0.05) is 0 Å². The normalized spacial score (nSPS) is 20.1. The zero-order valence-electron chi connectivity index (χ0n) is 8.66. The van der Waals surface area contributed by atoms with Crippen molar-refractivity contribution in [2.75, 3.05) is 26.7 Å². The predicted molar refractivity (Wildman–Crippen MR) is 64.4 cm³/mol. The van der Waals surface area contributed by atoms with Crippen molar-refractivity contribution in [2.45, 2.75) is 18.1 Å². The van der Waals surface area contributed by atoms with Crippen LogP contribution in [0.3, 0.4) is 0 Å². The van der Waals surface area contributed by atoms with E-state index in [1.54, 1.807) is 6.20 Å². The summed E-state index contributed by atoms with van der Waals surface area (Å²) in [4.78, 5) is 2.31. The Bertz CT molecular complexity index is 207. The monoisotopic (exact) mass is 213 g/mol. The van der Waals surface area contributed by atoms with Gasteiger partial charge < -0.3 is 10.7 Å². The van der Waals surface area contributed by atoms with Crippen LogP contribution in [0.25, 0.3) is 0 Å². The summed E-state index contributed by atoms with van der Waals surface area (Å²) in [6.45, 7) is 2.91. The second-order valence-corrected chi connectivity index (χ2v) is 4.38. The summed E-state index contributed by atoms with van der Waals surface area (Å²) >= 11 is 4.44. The fraction of sp³-hybridized carbons (Fsp3) is 0.700. The van der Waals surface area contributed by atoms with E-state index in [0.29, 0.717) is 11.0 Å². The van der Waals surface area contributed by atoms with Crippen LogP contribution < -0.4 is 5.32 Å². The van der Waals surface area contributed by atoms with Crippen LogP contribution in [0.5, 0.6) is 0 Å². The Morgan fingerprint density at radius 2 is 2.21 bits per heavy atom. The number of thiol groups is 1. The van der Waals surface area contributed by atoms with Crippen LogP contribution in [-0.2, 0) is 0 Å². The van der Waals surface area contributed by atoms with Gasteiger partial charge in [0.1, 0.15) is 0 Å². The lowest BCUT2D eigenvalue weighted by molar-refractivity contribution is 0.263. The van der Waals surface area contributed by atoms with Gasteiger partial charge in [-0.15, -0.1) is 0 Å². The molecule has 4 heteroatoms. The second-order valence-electron chi connectivity index (χ2n) is 3.65. The topological polar surface area (TPSA) is 39.1 Å². The number of likely N-dealkylation sites (tertiary alicyclic amines) is 1. The van der Waals surface area contributed by atoms with Crippen molar-refractivity contribution >= 4 is 18.3 Å². The molecule has 0 aromatic carbocycles. The molecule has 0 atom stereocenters. The largest absolute Gasteiger partial charge is 0.394 e. The average molecular weight is 213 g/mol. The molecule has 2 N–H and O–H groups in total. The lowest BCUT2D eigenvalue weighted by atomic mass is 10.1. The van der Waals surface area contributed by atoms with Crippen LogP contribution in [-0.4, -0.2) is 42.5 Å². The Kier molecular flexibility index (Phi) is 5.04. The first-order valence-corrected chi connectivity index (χ1v) is 5.55. The fourth-order valence-corrected chi connectivity index (χ4v) is 1.79. The molecule has 0 saturated carbocycles. The average Bonchev–Trinajstić information content (AvgIpc) is 2.18. The van der Waals surface area contributed by atoms with Crippen molar-refractivity contribution in [3.8, 4) is 0 Å². The molecule has 1 aliphatic heterocycles. The molecule has 0 bridgehead atoms. The van der Waals surface area contributed by atoms with E-state index in [1.165, 1.54) is 0 Å². The Labute approximate surface area is 91.5 Å². The van der Waals surface area contributed by atoms with Gasteiger partial charge >= 0.3 is 0 Å². The number of hydrogen-bond donors (Lipinski definition) is 3. The van der Waals surface area contributed by atoms with Crippen molar-refractivity contribution in [3.05, 3.63) is 12.3 Å². The van der Waals surface area contributed by atoms with Crippen LogP contribution in [0, 0.1) is 5.41 Å². The molecule has 3 nitrogen and oxygen atoms in total. The van der Waals surface area contributed by atoms with Crippen LogP contribution in [0.15, 0.2) is 12.3 Å². The second kappa shape index (κ2) is 6.09. The Balaban J connectivity index is 2.24. The van der Waals surface area contributed by atoms with E-state index >= 15 is 0 Å². The number of piperidine rings is 1. The highest BCUT2D eigenvalue weighted by atomic mass is 32.1. The summed E-state index contributed by atoms with van der Waals surface area (Å²) in [6.07, 6.45) is 5.90. The summed E-state index contributed by atoms with van der Waals surface area (Å²) in [5, 5.41) is 11.1. The molecule has 80 valence electrons. The van der Waals surface area contributed by atoms with E-state index in [2.05, 4.69) is 22.8 Å². The molecule has 0 unspecified atom stereocenters. The molecule has 1 saturated heterocycles. The van der Waals surface area contributed by atoms with Gasteiger partial charge in [-0.2, -0.15) is 12.6 Å². The first kappa shape index (κ1) is 11.6. The van der Waals surface area contributed by atoms with Crippen LogP contribution in [0.1, 0.15) is 12.8 Å². The highest BCUT2D eigenvalue weighted by molar-refractivity contribution is 7.80. The van der Waals surface area contributed by atoms with Crippen molar-refractivity contribution in [1.82, 2.24) is 10.2 Å². The maximum absolute atomic E-state index is 7.69. The van der Waals surface area contributed by atoms with E-state index in [4.69, 9.17) is 5.41 Å². The first-order valence-electron chi connectivity index (χ1n) is 5.04. The summed E-state index contributed by atoms with van der Waals surface area (Å²) in [6, 6.07) is 0. The van der Waals surface area contributed by atoms with Gasteiger partial charge in [0.25, 0.3) is 0 Å². The summed E-state index contributed by atoms with van der Waals surface area (Å²) in [5.41, 5.74) is 0.664. The summed E-state index contributed by atoms with van der Waals surface area (Å²) in [7, 11) is 1.84. The molecule has 1 aliphatic rings. The molecule has 14 heavy (non-hydrogen) atoms. The third-order valence-electron chi connectivity index (χ3n) is 2.40. The molecule has 1 rings (SSSR count). The first-order chi connectivity index (χ1) is 6.72. The maximum atomic E-state index is 7.69. The van der Waals surface area contributed by atoms with E-state index in [9.17, 15) is 0 Å². The quantitative estimate of drug-likeness (QED) is 0.484. The zero-order chi connectivity index (χ0) is 10.4. The molecule has 0 radical (unpaired) electrons. The minimum Gasteiger partial charge on any atom is -0.394 e. The van der Waals surface area contributed by atoms with E-state index in [1.807, 2.05) is 13.1 Å². The molecule has 0 aromatic rings. The van der Waals surface area contributed by atoms with Gasteiger partial charge in [-0.3, -0.25) is 4.90 Å². The predicted octanol–water partition coefficient (Wildman–Crippen LogP) is 1.13. The third kappa shape index (κ3) is 4.15. The van der Waals surface area contributed by atoms with Gasteiger partial charge in [0.2, 0.25) is 0 Å². The van der Waals surface area contributed by atoms with E-state index in [-0.39, 0.29) is 0 Å². The fourth-order valence-electron chi connectivity index (χ4n) is 1.55. The van der Waals surface area contributed by atoms with Gasteiger partial charge in [0.15, 0.2) is 0 Å². The standard InChI is InChI=1S/C10H19N3S/c1-12-5-2-9(11)8-13-6-3-10(14)4-7-13/h2,5,10-12,14H,3-4,6-8H2,1H3/b5-2-,11-9?. The molecule has 0 amide bonds. The van der Waals surface area contributed by atoms with Crippen molar-refractivity contribution in [2.24, 2.45) is 0 Å². The van der Waals surface area contributed by atoms with Crippen LogP contribution in [0.4, 0.5) is 0 Å². The number of hydrogen-bond acceptors (Lipinski definition) is 4. The lowest BCUT2D eigenvalue weighted by Gasteiger charge is -2.29. The molecule has 0 aliphatic carbocycles. The van der Waals surface area contributed by atoms with Crippen molar-refractivity contribution in [3.63, 3.8) is 0 Å². The Morgan fingerprint density at radius 1 is 1.57 bits per heavy atom. The number of nitrogens with one attached hydrogen (secondary N) is 2. The van der Waals surface area contributed by atoms with Gasteiger partial charge in [-0.05, 0) is 38.2 Å². The van der Waals surface area contributed by atoms with E-state index < -0.39 is 0 Å². The summed E-state index contributed by atoms with van der Waals surface area (Å²) < 4.78 is 0. The molecule has 0 aromatic heterocycles. The highest BCUT2D eigenvalue weighted by Gasteiger charge is 2.16. The Morgan fingerprint density at radius 3 is 2.79 bits per heavy atom. The molecule has 1 heterocycles. The van der Waals surface area contributed by atoms with Crippen LogP contribution >= 0.6 is 12.6 Å². The minimum absolute atomic E-state index is 0.563. The van der Waals surface area contributed by atoms with Gasteiger partial charge in [0, 0.05) is 24.6 Å². The van der Waals surface area contributed by atoms with Gasteiger partial charge in [0.05, 0.1) is 0 Å². The molecule has 0 spiro atoms. The third-order valence-corrected chi connectivity index (χ3v) is 2.92. The molecular formula is C10H19N3S. The highest BCUT2D eigenvalue weighted by Crippen LogP contribution is 2.14. The van der Waals surface area contributed by atoms with E-state index in [0.717, 1.165) is 32.5 Å². The van der Waals surface area contributed by atoms with Crippen molar-refractivity contribution in [1.29, 1.82) is 5.41 Å². The lowest BCUT2D eigenvalue weighted by Crippen LogP contribution is -2.37. The SMILES string of the molecule is CN/C=C\C(=N)CN1CCC(S)CC1. The van der Waals surface area contributed by atoms with Crippen LogP contribution in [0.2, 0.25) is 0 Å². The molecular weight excluding hydrogens is 194 g/mol. The van der Waals surface area contributed by atoms with Crippen molar-refractivity contribution < 1.29 is 0 Å². The number of nitrogens with zero attached hydrogens (tertiary/aromatic N) is 1. The molecule has 1 fully saturated rings. The minimum atomic E-state index is 0.563. The maximum Gasteiger partial charge on any atom is 0.0468 e. The Hall–Kier alpha value is -0.480. The van der Waals surface area contributed by atoms with Gasteiger partial charge in [-0.25, -0.2) is 0 Å². The smallest absolute Gasteiger partial charge is 0.0468 e. The number of rotatable bonds is 4. The zero-order valence-corrected chi connectivity index (χ0v) is 9.56. The summed E-state index contributed by atoms with van der Waals surface area (Å²) in [5.74, 6) is 0.